The zero-order chi connectivity index (χ0) is 15.7. The Labute approximate surface area is 119 Å². The third-order valence-corrected chi connectivity index (χ3v) is 3.14. The fourth-order valence-electron chi connectivity index (χ4n) is 1.86. The Morgan fingerprint density at radius 1 is 1.05 bits per heavy atom. The smallest absolute Gasteiger partial charge is 0.258 e. The highest BCUT2D eigenvalue weighted by molar-refractivity contribution is 6.05. The van der Waals surface area contributed by atoms with Gasteiger partial charge in [0.2, 0.25) is 0 Å². The van der Waals surface area contributed by atoms with Crippen molar-refractivity contribution in [3.05, 3.63) is 58.4 Å². The first-order valence-electron chi connectivity index (χ1n) is 6.13. The summed E-state index contributed by atoms with van der Waals surface area (Å²) in [5.74, 6) is -5.40. The van der Waals surface area contributed by atoms with Gasteiger partial charge in [0.15, 0.2) is 17.5 Å². The van der Waals surface area contributed by atoms with Crippen LogP contribution in [0.15, 0.2) is 24.3 Å². The number of halogens is 3. The number of hydrogen-bond acceptors (Lipinski definition) is 2. The summed E-state index contributed by atoms with van der Waals surface area (Å²) in [5, 5.41) is 2.46. The third-order valence-electron chi connectivity index (χ3n) is 3.14. The van der Waals surface area contributed by atoms with E-state index in [0.717, 1.165) is 11.6 Å². The van der Waals surface area contributed by atoms with Crippen molar-refractivity contribution < 1.29 is 18.0 Å². The Morgan fingerprint density at radius 3 is 2.38 bits per heavy atom. The summed E-state index contributed by atoms with van der Waals surface area (Å²) in [6.07, 6.45) is 0. The van der Waals surface area contributed by atoms with E-state index in [1.807, 2.05) is 0 Å². The average Bonchev–Trinajstić information content (AvgIpc) is 2.42. The van der Waals surface area contributed by atoms with Crippen LogP contribution in [0.25, 0.3) is 0 Å². The molecule has 0 radical (unpaired) electrons. The van der Waals surface area contributed by atoms with Gasteiger partial charge in [-0.2, -0.15) is 0 Å². The summed E-state index contributed by atoms with van der Waals surface area (Å²) in [7, 11) is 0. The van der Waals surface area contributed by atoms with Crippen molar-refractivity contribution in [2.75, 3.05) is 11.1 Å². The number of aryl methyl sites for hydroxylation is 2. The molecule has 0 fully saturated rings. The Hall–Kier alpha value is -2.50. The highest BCUT2D eigenvalue weighted by Gasteiger charge is 2.19. The second-order valence-corrected chi connectivity index (χ2v) is 4.70. The molecule has 0 aromatic heterocycles. The number of carbonyl (C=O) groups excluding carboxylic acids is 1. The van der Waals surface area contributed by atoms with Gasteiger partial charge in [0.25, 0.3) is 5.91 Å². The minimum absolute atomic E-state index is 0.427. The molecule has 110 valence electrons. The molecule has 2 aromatic carbocycles. The van der Waals surface area contributed by atoms with Crippen LogP contribution in [-0.2, 0) is 0 Å². The molecule has 0 saturated carbocycles. The lowest BCUT2D eigenvalue weighted by Gasteiger charge is -2.12. The number of nitrogens with one attached hydrogen (secondary N) is 1. The van der Waals surface area contributed by atoms with Crippen molar-refractivity contribution in [2.24, 2.45) is 0 Å². The molecule has 2 aromatic rings. The van der Waals surface area contributed by atoms with Crippen LogP contribution >= 0.6 is 0 Å². The Morgan fingerprint density at radius 2 is 1.71 bits per heavy atom. The van der Waals surface area contributed by atoms with Crippen LogP contribution < -0.4 is 11.1 Å². The van der Waals surface area contributed by atoms with Crippen LogP contribution in [0.4, 0.5) is 24.5 Å². The van der Waals surface area contributed by atoms with Crippen molar-refractivity contribution >= 4 is 17.3 Å². The van der Waals surface area contributed by atoms with Crippen molar-refractivity contribution in [2.45, 2.75) is 13.8 Å². The molecule has 0 aliphatic carbocycles. The number of hydrogen-bond donors (Lipinski definition) is 2. The second kappa shape index (κ2) is 5.47. The number of amides is 1. The fraction of sp³-hybridized carbons (Fsp3) is 0.133. The lowest BCUT2D eigenvalue weighted by atomic mass is 10.1. The standard InChI is InChI=1S/C15H13F3N2O/c1-7-6-12(8(2)5-11(7)19)20-15(21)9-3-4-10(16)14(18)13(9)17/h3-6H,19H2,1-2H3,(H,20,21). The lowest BCUT2D eigenvalue weighted by molar-refractivity contribution is 0.102. The number of anilines is 2. The number of nitrogen functional groups attached to an aromatic ring is 1. The van der Waals surface area contributed by atoms with Crippen LogP contribution in [0.2, 0.25) is 0 Å². The first kappa shape index (κ1) is 14.9. The Kier molecular flexibility index (Phi) is 3.88. The van der Waals surface area contributed by atoms with Gasteiger partial charge in [0.1, 0.15) is 0 Å². The summed E-state index contributed by atoms with van der Waals surface area (Å²) in [4.78, 5) is 12.0. The molecule has 2 rings (SSSR count). The normalized spacial score (nSPS) is 10.5. The SMILES string of the molecule is Cc1cc(NC(=O)c2ccc(F)c(F)c2F)c(C)cc1N. The molecule has 0 saturated heterocycles. The van der Waals surface area contributed by atoms with E-state index in [0.29, 0.717) is 23.0 Å². The number of rotatable bonds is 2. The minimum Gasteiger partial charge on any atom is -0.399 e. The number of benzene rings is 2. The first-order chi connectivity index (χ1) is 9.81. The van der Waals surface area contributed by atoms with E-state index in [-0.39, 0.29) is 0 Å². The van der Waals surface area contributed by atoms with Crippen LogP contribution in [0.3, 0.4) is 0 Å². The van der Waals surface area contributed by atoms with Crippen LogP contribution in [0.5, 0.6) is 0 Å². The van der Waals surface area contributed by atoms with E-state index in [1.165, 1.54) is 0 Å². The molecule has 1 amide bonds. The number of nitrogens with two attached hydrogens (primary N) is 1. The molecule has 21 heavy (non-hydrogen) atoms. The zero-order valence-corrected chi connectivity index (χ0v) is 11.4. The summed E-state index contributed by atoms with van der Waals surface area (Å²) in [5.41, 5.74) is 7.56. The highest BCUT2D eigenvalue weighted by atomic mass is 19.2. The Bertz CT molecular complexity index is 729. The van der Waals surface area contributed by atoms with Gasteiger partial charge >= 0.3 is 0 Å². The zero-order valence-electron chi connectivity index (χ0n) is 11.4. The third kappa shape index (κ3) is 2.84. The van der Waals surface area contributed by atoms with Crippen molar-refractivity contribution in [1.29, 1.82) is 0 Å². The van der Waals surface area contributed by atoms with E-state index in [9.17, 15) is 18.0 Å². The van der Waals surface area contributed by atoms with Gasteiger partial charge in [0.05, 0.1) is 5.56 Å². The van der Waals surface area contributed by atoms with Gasteiger partial charge in [-0.3, -0.25) is 4.79 Å². The van der Waals surface area contributed by atoms with E-state index in [1.54, 1.807) is 26.0 Å². The van der Waals surface area contributed by atoms with Crippen molar-refractivity contribution in [1.82, 2.24) is 0 Å². The molecule has 0 aliphatic heterocycles. The van der Waals surface area contributed by atoms with Gasteiger partial charge in [0, 0.05) is 11.4 Å². The molecule has 3 N–H and O–H groups in total. The predicted octanol–water partition coefficient (Wildman–Crippen LogP) is 3.56. The molecular weight excluding hydrogens is 281 g/mol. The maximum absolute atomic E-state index is 13.6. The maximum Gasteiger partial charge on any atom is 0.258 e. The van der Waals surface area contributed by atoms with E-state index < -0.39 is 28.9 Å². The lowest BCUT2D eigenvalue weighted by Crippen LogP contribution is -2.16. The van der Waals surface area contributed by atoms with Gasteiger partial charge in [-0.15, -0.1) is 0 Å². The van der Waals surface area contributed by atoms with Crippen molar-refractivity contribution in [3.8, 4) is 0 Å². The monoisotopic (exact) mass is 294 g/mol. The second-order valence-electron chi connectivity index (χ2n) is 4.70. The molecular formula is C15H13F3N2O. The van der Waals surface area contributed by atoms with Crippen LogP contribution in [-0.4, -0.2) is 5.91 Å². The minimum atomic E-state index is -1.67. The molecule has 0 heterocycles. The molecule has 0 unspecified atom stereocenters. The molecule has 3 nitrogen and oxygen atoms in total. The molecule has 0 aliphatic rings. The average molecular weight is 294 g/mol. The predicted molar refractivity (Wildman–Crippen MR) is 74.6 cm³/mol. The van der Waals surface area contributed by atoms with Gasteiger partial charge in [-0.05, 0) is 49.2 Å². The molecule has 0 bridgehead atoms. The summed E-state index contributed by atoms with van der Waals surface area (Å²) < 4.78 is 39.6. The van der Waals surface area contributed by atoms with E-state index >= 15 is 0 Å². The van der Waals surface area contributed by atoms with Gasteiger partial charge < -0.3 is 11.1 Å². The molecule has 0 spiro atoms. The van der Waals surface area contributed by atoms with Gasteiger partial charge in [-0.25, -0.2) is 13.2 Å². The largest absolute Gasteiger partial charge is 0.399 e. The van der Waals surface area contributed by atoms with E-state index in [4.69, 9.17) is 5.73 Å². The fourth-order valence-corrected chi connectivity index (χ4v) is 1.86. The molecule has 6 heteroatoms. The topological polar surface area (TPSA) is 55.1 Å². The maximum atomic E-state index is 13.6. The van der Waals surface area contributed by atoms with Gasteiger partial charge in [-0.1, -0.05) is 0 Å². The van der Waals surface area contributed by atoms with Crippen LogP contribution in [0, 0.1) is 31.3 Å². The highest BCUT2D eigenvalue weighted by Crippen LogP contribution is 2.23. The van der Waals surface area contributed by atoms with Crippen molar-refractivity contribution in [3.63, 3.8) is 0 Å². The molecule has 0 atom stereocenters. The van der Waals surface area contributed by atoms with Crippen LogP contribution in [0.1, 0.15) is 21.5 Å². The Balaban J connectivity index is 2.35. The van der Waals surface area contributed by atoms with E-state index in [2.05, 4.69) is 5.32 Å². The number of carbonyl (C=O) groups is 1. The quantitative estimate of drug-likeness (QED) is 0.657. The summed E-state index contributed by atoms with van der Waals surface area (Å²) >= 11 is 0. The summed E-state index contributed by atoms with van der Waals surface area (Å²) in [6.45, 7) is 3.47. The summed E-state index contributed by atoms with van der Waals surface area (Å²) in [6, 6.07) is 4.88. The first-order valence-corrected chi connectivity index (χ1v) is 6.13.